The first-order chi connectivity index (χ1) is 11.0. The molecular formula is C15H19NO8Si. The van der Waals surface area contributed by atoms with Gasteiger partial charge in [0.15, 0.2) is 0 Å². The summed E-state index contributed by atoms with van der Waals surface area (Å²) in [5, 5.41) is 25.0. The third-order valence-corrected chi connectivity index (χ3v) is 2.04. The Morgan fingerprint density at radius 1 is 1.04 bits per heavy atom. The summed E-state index contributed by atoms with van der Waals surface area (Å²) in [6, 6.07) is 5.48. The molecule has 0 aliphatic carbocycles. The summed E-state index contributed by atoms with van der Waals surface area (Å²) < 4.78 is 4.18. The number of hydrogen-bond donors (Lipinski definition) is 4. The van der Waals surface area contributed by atoms with Crippen molar-refractivity contribution in [2.45, 2.75) is 13.8 Å². The Labute approximate surface area is 148 Å². The van der Waals surface area contributed by atoms with Crippen molar-refractivity contribution in [2.24, 2.45) is 5.73 Å². The highest BCUT2D eigenvalue weighted by atomic mass is 28.1. The van der Waals surface area contributed by atoms with E-state index in [1.54, 1.807) is 6.92 Å². The largest absolute Gasteiger partial charge is 0.478 e. The topological polar surface area (TPSA) is 164 Å². The maximum atomic E-state index is 10.5. The van der Waals surface area contributed by atoms with Gasteiger partial charge in [0, 0.05) is 16.5 Å². The van der Waals surface area contributed by atoms with Crippen molar-refractivity contribution in [3.05, 3.63) is 47.5 Å². The third-order valence-electron chi connectivity index (χ3n) is 2.04. The number of nitrogens with two attached hydrogens (primary N) is 1. The lowest BCUT2D eigenvalue weighted by atomic mass is 10.1. The fourth-order valence-electron chi connectivity index (χ4n) is 0.998. The number of carbonyl (C=O) groups is 4. The Hall–Kier alpha value is -3.14. The lowest BCUT2D eigenvalue weighted by molar-refractivity contribution is -0.132. The van der Waals surface area contributed by atoms with Crippen LogP contribution in [0, 0.1) is 0 Å². The Kier molecular flexibility index (Phi) is 15.5. The fraction of sp³-hybridized carbons (Fsp3) is 0.200. The summed E-state index contributed by atoms with van der Waals surface area (Å²) >= 11 is 0. The van der Waals surface area contributed by atoms with E-state index in [1.165, 1.54) is 31.2 Å². The van der Waals surface area contributed by atoms with Crippen LogP contribution in [0.5, 0.6) is 0 Å². The van der Waals surface area contributed by atoms with Crippen LogP contribution in [0.25, 0.3) is 0 Å². The first kappa shape index (κ1) is 26.7. The molecule has 0 aliphatic rings. The Bertz CT molecular complexity index is 570. The molecule has 136 valence electrons. The molecule has 9 nitrogen and oxygen atoms in total. The number of carboxylic acids is 3. The first-order valence-corrected chi connectivity index (χ1v) is 6.41. The number of aliphatic carboxylic acids is 1. The van der Waals surface area contributed by atoms with E-state index in [2.05, 4.69) is 17.0 Å². The molecule has 0 aromatic heterocycles. The zero-order valence-corrected chi connectivity index (χ0v) is 14.7. The van der Waals surface area contributed by atoms with Crippen molar-refractivity contribution in [3.8, 4) is 0 Å². The SMILES string of the molecule is C=C(C)C(=O)O.CCOC(N)=O.O=C(O)c1ccccc1C(=O)O.[Si]. The van der Waals surface area contributed by atoms with Gasteiger partial charge in [0.1, 0.15) is 0 Å². The quantitative estimate of drug-likeness (QED) is 0.457. The summed E-state index contributed by atoms with van der Waals surface area (Å²) in [4.78, 5) is 40.1. The van der Waals surface area contributed by atoms with Crippen molar-refractivity contribution in [1.29, 1.82) is 0 Å². The average Bonchev–Trinajstić information content (AvgIpc) is 2.48. The molecule has 25 heavy (non-hydrogen) atoms. The first-order valence-electron chi connectivity index (χ1n) is 6.41. The van der Waals surface area contributed by atoms with Gasteiger partial charge in [0.25, 0.3) is 0 Å². The fourth-order valence-corrected chi connectivity index (χ4v) is 0.998. The van der Waals surface area contributed by atoms with Crippen LogP contribution >= 0.6 is 0 Å². The van der Waals surface area contributed by atoms with E-state index < -0.39 is 24.0 Å². The van der Waals surface area contributed by atoms with Crippen molar-refractivity contribution in [3.63, 3.8) is 0 Å². The van der Waals surface area contributed by atoms with E-state index in [0.717, 1.165) is 0 Å². The predicted molar refractivity (Wildman–Crippen MR) is 89.8 cm³/mol. The molecule has 0 spiro atoms. The average molecular weight is 369 g/mol. The van der Waals surface area contributed by atoms with Crippen LogP contribution in [0.1, 0.15) is 34.6 Å². The van der Waals surface area contributed by atoms with Crippen LogP contribution < -0.4 is 5.73 Å². The van der Waals surface area contributed by atoms with E-state index in [0.29, 0.717) is 6.61 Å². The van der Waals surface area contributed by atoms with Crippen molar-refractivity contribution < 1.29 is 39.2 Å². The molecule has 0 bridgehead atoms. The maximum absolute atomic E-state index is 10.5. The minimum atomic E-state index is -1.23. The second kappa shape index (κ2) is 14.4. The van der Waals surface area contributed by atoms with Crippen LogP contribution in [0.2, 0.25) is 0 Å². The molecule has 0 atom stereocenters. The Morgan fingerprint density at radius 2 is 1.36 bits per heavy atom. The van der Waals surface area contributed by atoms with Crippen LogP contribution in [0.3, 0.4) is 0 Å². The van der Waals surface area contributed by atoms with Gasteiger partial charge in [0.05, 0.1) is 17.7 Å². The molecule has 0 aliphatic heterocycles. The standard InChI is InChI=1S/C8H6O4.C4H6O2.C3H7NO2.Si/c9-7(10)5-3-1-2-4-6(5)8(11)12;1-3(2)4(5)6;1-2-6-3(4)5;/h1-4H,(H,9,10)(H,11,12);1H2,2H3,(H,5,6);2H2,1H3,(H2,4,5);. The number of carboxylic acid groups (broad SMARTS) is 3. The lowest BCUT2D eigenvalue weighted by Crippen LogP contribution is -2.11. The van der Waals surface area contributed by atoms with Gasteiger partial charge in [-0.2, -0.15) is 0 Å². The molecule has 5 N–H and O–H groups in total. The van der Waals surface area contributed by atoms with Gasteiger partial charge in [-0.15, -0.1) is 0 Å². The third kappa shape index (κ3) is 14.2. The smallest absolute Gasteiger partial charge is 0.404 e. The normalized spacial score (nSPS) is 8.08. The molecule has 0 fully saturated rings. The molecule has 1 rings (SSSR count). The number of rotatable bonds is 4. The number of ether oxygens (including phenoxy) is 1. The zero-order valence-electron chi connectivity index (χ0n) is 13.7. The molecule has 10 heteroatoms. The summed E-state index contributed by atoms with van der Waals surface area (Å²) in [5.74, 6) is -3.39. The highest BCUT2D eigenvalue weighted by Crippen LogP contribution is 2.07. The molecule has 0 saturated carbocycles. The van der Waals surface area contributed by atoms with Gasteiger partial charge in [0.2, 0.25) is 0 Å². The number of benzene rings is 1. The molecule has 1 aromatic carbocycles. The van der Waals surface area contributed by atoms with Gasteiger partial charge in [-0.1, -0.05) is 18.7 Å². The predicted octanol–water partition coefficient (Wildman–Crippen LogP) is 1.45. The second-order valence-corrected chi connectivity index (χ2v) is 3.99. The second-order valence-electron chi connectivity index (χ2n) is 3.99. The van der Waals surface area contributed by atoms with Gasteiger partial charge >= 0.3 is 24.0 Å². The minimum Gasteiger partial charge on any atom is -0.478 e. The van der Waals surface area contributed by atoms with Gasteiger partial charge < -0.3 is 25.8 Å². The van der Waals surface area contributed by atoms with Crippen LogP contribution in [-0.4, -0.2) is 56.9 Å². The van der Waals surface area contributed by atoms with E-state index in [-0.39, 0.29) is 27.7 Å². The highest BCUT2D eigenvalue weighted by molar-refractivity contribution is 6.01. The Balaban J connectivity index is -0.000000319. The number of amides is 1. The summed E-state index contributed by atoms with van der Waals surface area (Å²) in [7, 11) is 0. The van der Waals surface area contributed by atoms with E-state index in [4.69, 9.17) is 15.3 Å². The summed E-state index contributed by atoms with van der Waals surface area (Å²) in [6.45, 7) is 6.66. The maximum Gasteiger partial charge on any atom is 0.404 e. The molecule has 0 heterocycles. The molecule has 1 aromatic rings. The summed E-state index contributed by atoms with van der Waals surface area (Å²) in [5.41, 5.74) is 4.34. The summed E-state index contributed by atoms with van der Waals surface area (Å²) in [6.07, 6.45) is -0.711. The van der Waals surface area contributed by atoms with E-state index in [1.807, 2.05) is 0 Å². The number of hydrogen-bond acceptors (Lipinski definition) is 5. The molecule has 1 amide bonds. The number of carbonyl (C=O) groups excluding carboxylic acids is 1. The van der Waals surface area contributed by atoms with Crippen LogP contribution in [0.4, 0.5) is 4.79 Å². The molecule has 0 unspecified atom stereocenters. The van der Waals surface area contributed by atoms with Crippen LogP contribution in [0.15, 0.2) is 36.4 Å². The number of aromatic carboxylic acids is 2. The molecular weight excluding hydrogens is 350 g/mol. The highest BCUT2D eigenvalue weighted by Gasteiger charge is 2.13. The van der Waals surface area contributed by atoms with Gasteiger partial charge in [-0.05, 0) is 26.0 Å². The Morgan fingerprint density at radius 3 is 1.48 bits per heavy atom. The van der Waals surface area contributed by atoms with Crippen molar-refractivity contribution >= 4 is 35.0 Å². The van der Waals surface area contributed by atoms with Gasteiger partial charge in [-0.25, -0.2) is 19.2 Å². The molecule has 4 radical (unpaired) electrons. The number of primary amides is 1. The lowest BCUT2D eigenvalue weighted by Gasteiger charge is -1.98. The van der Waals surface area contributed by atoms with Gasteiger partial charge in [-0.3, -0.25) is 0 Å². The van der Waals surface area contributed by atoms with E-state index in [9.17, 15) is 19.2 Å². The zero-order chi connectivity index (χ0) is 19.3. The minimum absolute atomic E-state index is 0. The monoisotopic (exact) mass is 369 g/mol. The van der Waals surface area contributed by atoms with E-state index >= 15 is 0 Å². The van der Waals surface area contributed by atoms with Crippen LogP contribution in [-0.2, 0) is 9.53 Å². The van der Waals surface area contributed by atoms with Crippen molar-refractivity contribution in [1.82, 2.24) is 0 Å². The molecule has 0 saturated heterocycles. The van der Waals surface area contributed by atoms with Crippen molar-refractivity contribution in [2.75, 3.05) is 6.61 Å².